The number of hydrogen-bond acceptors (Lipinski definition) is 6. The molecule has 160 valence electrons. The van der Waals surface area contributed by atoms with Crippen LogP contribution in [0.5, 0.6) is 0 Å². The monoisotopic (exact) mass is 440 g/mol. The smallest absolute Gasteiger partial charge is 0.234 e. The number of nitrogens with one attached hydrogen (secondary N) is 1. The van der Waals surface area contributed by atoms with Crippen molar-refractivity contribution < 1.29 is 14.0 Å². The fourth-order valence-electron chi connectivity index (χ4n) is 3.31. The van der Waals surface area contributed by atoms with E-state index in [1.165, 1.54) is 10.7 Å². The molecule has 2 heterocycles. The van der Waals surface area contributed by atoms with Crippen LogP contribution >= 0.6 is 11.8 Å². The van der Waals surface area contributed by atoms with E-state index in [9.17, 15) is 14.0 Å². The van der Waals surface area contributed by atoms with Crippen molar-refractivity contribution >= 4 is 35.0 Å². The van der Waals surface area contributed by atoms with Crippen LogP contribution in [-0.2, 0) is 16.0 Å². The normalized spacial score (nSPS) is 13.6. The number of carbonyl (C=O) groups excluding carboxylic acids is 2. The van der Waals surface area contributed by atoms with E-state index in [4.69, 9.17) is 5.84 Å². The topological polar surface area (TPSA) is 106 Å². The van der Waals surface area contributed by atoms with Crippen LogP contribution in [0.15, 0.2) is 53.7 Å². The van der Waals surface area contributed by atoms with Crippen molar-refractivity contribution in [2.24, 2.45) is 0 Å². The number of carbonyl (C=O) groups is 2. The second-order valence-electron chi connectivity index (χ2n) is 7.07. The van der Waals surface area contributed by atoms with E-state index >= 15 is 0 Å². The van der Waals surface area contributed by atoms with E-state index < -0.39 is 0 Å². The summed E-state index contributed by atoms with van der Waals surface area (Å²) in [6.45, 7) is 0.722. The van der Waals surface area contributed by atoms with Crippen LogP contribution < -0.4 is 16.1 Å². The number of nitrogen functional groups attached to an aromatic ring is 1. The van der Waals surface area contributed by atoms with E-state index in [0.29, 0.717) is 28.7 Å². The summed E-state index contributed by atoms with van der Waals surface area (Å²) in [5.74, 6) is 6.06. The number of halogens is 1. The van der Waals surface area contributed by atoms with Gasteiger partial charge in [-0.1, -0.05) is 30.0 Å². The maximum absolute atomic E-state index is 13.8. The first kappa shape index (κ1) is 20.9. The number of anilines is 2. The number of amides is 2. The minimum absolute atomic E-state index is 0.0847. The molecule has 0 atom stereocenters. The Bertz CT molecular complexity index is 1100. The van der Waals surface area contributed by atoms with Crippen molar-refractivity contribution in [2.75, 3.05) is 28.4 Å². The van der Waals surface area contributed by atoms with Crippen molar-refractivity contribution in [1.29, 1.82) is 0 Å². The molecule has 8 nitrogen and oxygen atoms in total. The first-order valence-electron chi connectivity index (χ1n) is 9.77. The molecule has 31 heavy (non-hydrogen) atoms. The van der Waals surface area contributed by atoms with Crippen LogP contribution in [-0.4, -0.2) is 39.0 Å². The molecule has 1 aliphatic heterocycles. The quantitative estimate of drug-likeness (QED) is 0.432. The van der Waals surface area contributed by atoms with Crippen LogP contribution in [0, 0.1) is 5.82 Å². The van der Waals surface area contributed by atoms with Gasteiger partial charge in [0.25, 0.3) is 0 Å². The lowest BCUT2D eigenvalue weighted by molar-refractivity contribution is -0.117. The third-order valence-corrected chi connectivity index (χ3v) is 5.85. The summed E-state index contributed by atoms with van der Waals surface area (Å²) in [6.07, 6.45) is 1.64. The molecule has 3 N–H and O–H groups in total. The molecule has 1 fully saturated rings. The van der Waals surface area contributed by atoms with Gasteiger partial charge >= 0.3 is 0 Å². The first-order valence-corrected chi connectivity index (χ1v) is 10.8. The summed E-state index contributed by atoms with van der Waals surface area (Å²) < 4.78 is 15.1. The molecule has 0 aliphatic carbocycles. The van der Waals surface area contributed by atoms with E-state index in [0.717, 1.165) is 30.4 Å². The van der Waals surface area contributed by atoms with E-state index in [1.807, 2.05) is 12.1 Å². The zero-order chi connectivity index (χ0) is 21.8. The highest BCUT2D eigenvalue weighted by molar-refractivity contribution is 7.99. The first-order chi connectivity index (χ1) is 15.0. The Balaban J connectivity index is 1.31. The van der Waals surface area contributed by atoms with Crippen LogP contribution in [0.3, 0.4) is 0 Å². The van der Waals surface area contributed by atoms with Gasteiger partial charge in [0.1, 0.15) is 5.82 Å². The zero-order valence-electron chi connectivity index (χ0n) is 16.6. The summed E-state index contributed by atoms with van der Waals surface area (Å²) in [6, 6.07) is 13.6. The Morgan fingerprint density at radius 2 is 1.94 bits per heavy atom. The van der Waals surface area contributed by atoms with E-state index in [2.05, 4.69) is 15.5 Å². The molecule has 2 amide bonds. The number of nitrogens with zero attached hydrogens (tertiary/aromatic N) is 4. The maximum Gasteiger partial charge on any atom is 0.234 e. The Kier molecular flexibility index (Phi) is 6.17. The molecule has 0 spiro atoms. The average molecular weight is 441 g/mol. The lowest BCUT2D eigenvalue weighted by atomic mass is 10.1. The molecule has 0 saturated carbocycles. The number of rotatable bonds is 7. The van der Waals surface area contributed by atoms with Gasteiger partial charge in [-0.15, -0.1) is 10.2 Å². The molecule has 1 saturated heterocycles. The predicted molar refractivity (Wildman–Crippen MR) is 117 cm³/mol. The second kappa shape index (κ2) is 9.17. The number of hydrogen-bond donors (Lipinski definition) is 2. The molecule has 0 radical (unpaired) electrons. The largest absolute Gasteiger partial charge is 0.336 e. The Morgan fingerprint density at radius 3 is 2.65 bits per heavy atom. The molecule has 3 aromatic rings. The molecule has 10 heteroatoms. The van der Waals surface area contributed by atoms with E-state index in [-0.39, 0.29) is 29.8 Å². The number of aromatic nitrogens is 3. The van der Waals surface area contributed by atoms with Gasteiger partial charge in [0, 0.05) is 30.8 Å². The number of benzene rings is 2. The molecular weight excluding hydrogens is 419 g/mol. The van der Waals surface area contributed by atoms with Crippen molar-refractivity contribution in [3.63, 3.8) is 0 Å². The third-order valence-electron chi connectivity index (χ3n) is 4.91. The Hall–Kier alpha value is -3.40. The van der Waals surface area contributed by atoms with Gasteiger partial charge in [0.15, 0.2) is 5.82 Å². The van der Waals surface area contributed by atoms with Crippen LogP contribution in [0.4, 0.5) is 15.8 Å². The summed E-state index contributed by atoms with van der Waals surface area (Å²) in [5.41, 5.74) is 1.93. The Labute approximate surface area is 182 Å². The maximum atomic E-state index is 13.8. The Morgan fingerprint density at radius 1 is 1.16 bits per heavy atom. The van der Waals surface area contributed by atoms with Crippen molar-refractivity contribution in [1.82, 2.24) is 14.9 Å². The summed E-state index contributed by atoms with van der Waals surface area (Å²) in [7, 11) is 0. The molecule has 0 bridgehead atoms. The highest BCUT2D eigenvalue weighted by Crippen LogP contribution is 2.23. The molecule has 2 aromatic carbocycles. The van der Waals surface area contributed by atoms with Gasteiger partial charge in [-0.3, -0.25) is 9.59 Å². The summed E-state index contributed by atoms with van der Waals surface area (Å²) >= 11 is 1.14. The fraction of sp³-hybridized carbons (Fsp3) is 0.238. The van der Waals surface area contributed by atoms with Crippen molar-refractivity contribution in [3.05, 3.63) is 65.7 Å². The molecule has 1 aromatic heterocycles. The van der Waals surface area contributed by atoms with Gasteiger partial charge in [0.2, 0.25) is 17.0 Å². The van der Waals surface area contributed by atoms with Crippen LogP contribution in [0.2, 0.25) is 0 Å². The fourth-order valence-corrected chi connectivity index (χ4v) is 3.99. The average Bonchev–Trinajstić information content (AvgIpc) is 3.34. The SMILES string of the molecule is Nn1c(Cc2ccccc2F)nnc1SCC(=O)Nc1ccc(N2CCCC2=O)cc1. The molecule has 4 rings (SSSR count). The zero-order valence-corrected chi connectivity index (χ0v) is 17.4. The molecule has 0 unspecified atom stereocenters. The van der Waals surface area contributed by atoms with E-state index in [1.54, 1.807) is 35.2 Å². The van der Waals surface area contributed by atoms with Gasteiger partial charge in [-0.2, -0.15) is 0 Å². The molecular formula is C21H21FN6O2S. The van der Waals surface area contributed by atoms with Crippen LogP contribution in [0.25, 0.3) is 0 Å². The predicted octanol–water partition coefficient (Wildman–Crippen LogP) is 2.58. The molecule has 1 aliphatic rings. The van der Waals surface area contributed by atoms with Gasteiger partial charge in [-0.05, 0) is 42.3 Å². The minimum atomic E-state index is -0.334. The highest BCUT2D eigenvalue weighted by atomic mass is 32.2. The van der Waals surface area contributed by atoms with Crippen LogP contribution in [0.1, 0.15) is 24.2 Å². The summed E-state index contributed by atoms with van der Waals surface area (Å²) in [5, 5.41) is 11.2. The van der Waals surface area contributed by atoms with Crippen molar-refractivity contribution in [2.45, 2.75) is 24.4 Å². The highest BCUT2D eigenvalue weighted by Gasteiger charge is 2.21. The van der Waals surface area contributed by atoms with Gasteiger partial charge in [-0.25, -0.2) is 9.07 Å². The number of nitrogens with two attached hydrogens (primary N) is 1. The lowest BCUT2D eigenvalue weighted by Gasteiger charge is -2.16. The minimum Gasteiger partial charge on any atom is -0.336 e. The lowest BCUT2D eigenvalue weighted by Crippen LogP contribution is -2.23. The summed E-state index contributed by atoms with van der Waals surface area (Å²) in [4.78, 5) is 25.9. The third kappa shape index (κ3) is 4.85. The number of thioether (sulfide) groups is 1. The van der Waals surface area contributed by atoms with Gasteiger partial charge in [0.05, 0.1) is 5.75 Å². The van der Waals surface area contributed by atoms with Gasteiger partial charge < -0.3 is 16.1 Å². The second-order valence-corrected chi connectivity index (χ2v) is 8.01. The standard InChI is InChI=1S/C21H21FN6O2S/c22-17-5-2-1-4-14(17)12-18-25-26-21(28(18)23)31-13-19(29)24-15-7-9-16(10-8-15)27-11-3-6-20(27)30/h1-2,4-5,7-10H,3,6,11-13,23H2,(H,24,29). The van der Waals surface area contributed by atoms with Crippen molar-refractivity contribution in [3.8, 4) is 0 Å².